The topological polar surface area (TPSA) is 70.1 Å². The molecule has 2 rings (SSSR count). The summed E-state index contributed by atoms with van der Waals surface area (Å²) in [5, 5.41) is 4.64. The van der Waals surface area contributed by atoms with Crippen LogP contribution in [0, 0.1) is 13.8 Å². The van der Waals surface area contributed by atoms with Crippen LogP contribution in [0.5, 0.6) is 0 Å². The van der Waals surface area contributed by atoms with Crippen LogP contribution in [0.1, 0.15) is 27.2 Å². The van der Waals surface area contributed by atoms with Crippen molar-refractivity contribution in [2.24, 2.45) is 7.05 Å². The summed E-state index contributed by atoms with van der Waals surface area (Å²) in [6.45, 7) is 3.76. The van der Waals surface area contributed by atoms with Crippen LogP contribution in [0.25, 0.3) is 0 Å². The van der Waals surface area contributed by atoms with Crippen LogP contribution < -0.4 is 5.73 Å². The molecule has 20 heavy (non-hydrogen) atoms. The van der Waals surface area contributed by atoms with Gasteiger partial charge >= 0.3 is 5.97 Å². The molecule has 1 aromatic carbocycles. The Balaban J connectivity index is 2.10. The van der Waals surface area contributed by atoms with E-state index in [1.165, 1.54) is 0 Å². The highest BCUT2D eigenvalue weighted by Crippen LogP contribution is 2.20. The van der Waals surface area contributed by atoms with Gasteiger partial charge < -0.3 is 10.5 Å². The fraction of sp³-hybridized carbons (Fsp3) is 0.286. The summed E-state index contributed by atoms with van der Waals surface area (Å²) < 4.78 is 6.82. The van der Waals surface area contributed by atoms with Gasteiger partial charge in [-0.25, -0.2) is 4.79 Å². The molecule has 0 amide bonds. The van der Waals surface area contributed by atoms with Crippen molar-refractivity contribution >= 4 is 23.3 Å². The minimum atomic E-state index is -0.410. The van der Waals surface area contributed by atoms with Crippen LogP contribution in [0.3, 0.4) is 0 Å². The molecule has 106 valence electrons. The van der Waals surface area contributed by atoms with E-state index in [4.69, 9.17) is 22.1 Å². The lowest BCUT2D eigenvalue weighted by Crippen LogP contribution is -2.06. The first-order valence-corrected chi connectivity index (χ1v) is 6.49. The van der Waals surface area contributed by atoms with E-state index >= 15 is 0 Å². The number of hydrogen-bond acceptors (Lipinski definition) is 4. The lowest BCUT2D eigenvalue weighted by Gasteiger charge is -2.06. The monoisotopic (exact) mass is 293 g/mol. The van der Waals surface area contributed by atoms with Gasteiger partial charge in [-0.1, -0.05) is 11.6 Å². The van der Waals surface area contributed by atoms with E-state index < -0.39 is 5.97 Å². The number of halogens is 1. The molecule has 1 aromatic heterocycles. The second-order valence-electron chi connectivity index (χ2n) is 4.63. The Morgan fingerprint density at radius 3 is 2.70 bits per heavy atom. The van der Waals surface area contributed by atoms with Gasteiger partial charge in [0.05, 0.1) is 11.3 Å². The third kappa shape index (κ3) is 2.77. The molecule has 0 aliphatic rings. The van der Waals surface area contributed by atoms with Crippen LogP contribution in [0.15, 0.2) is 18.2 Å². The van der Waals surface area contributed by atoms with E-state index in [1.807, 2.05) is 13.8 Å². The standard InChI is InChI=1S/C14H16ClN3O2/c1-8-6-10(4-5-12(8)16)14(19)20-7-11-9(2)17-18(3)13(11)15/h4-6H,7,16H2,1-3H3. The number of nitrogen functional groups attached to an aromatic ring is 1. The Morgan fingerprint density at radius 1 is 1.45 bits per heavy atom. The number of aromatic nitrogens is 2. The summed E-state index contributed by atoms with van der Waals surface area (Å²) >= 11 is 6.08. The molecule has 5 nitrogen and oxygen atoms in total. The highest BCUT2D eigenvalue weighted by molar-refractivity contribution is 6.30. The van der Waals surface area contributed by atoms with Crippen molar-refractivity contribution in [1.29, 1.82) is 0 Å². The van der Waals surface area contributed by atoms with Gasteiger partial charge in [0.2, 0.25) is 0 Å². The van der Waals surface area contributed by atoms with Gasteiger partial charge in [-0.15, -0.1) is 0 Å². The summed E-state index contributed by atoms with van der Waals surface area (Å²) in [5.41, 5.74) is 9.14. The molecule has 0 aliphatic heterocycles. The van der Waals surface area contributed by atoms with Crippen LogP contribution in [-0.2, 0) is 18.4 Å². The molecule has 0 spiro atoms. The number of esters is 1. The van der Waals surface area contributed by atoms with Gasteiger partial charge in [0, 0.05) is 18.3 Å². The van der Waals surface area contributed by atoms with Crippen molar-refractivity contribution in [1.82, 2.24) is 9.78 Å². The van der Waals surface area contributed by atoms with Gasteiger partial charge in [0.25, 0.3) is 0 Å². The maximum Gasteiger partial charge on any atom is 0.338 e. The van der Waals surface area contributed by atoms with Crippen LogP contribution in [0.4, 0.5) is 5.69 Å². The number of carbonyl (C=O) groups is 1. The predicted molar refractivity (Wildman–Crippen MR) is 77.7 cm³/mol. The zero-order valence-electron chi connectivity index (χ0n) is 11.6. The first-order chi connectivity index (χ1) is 9.40. The molecule has 0 saturated heterocycles. The largest absolute Gasteiger partial charge is 0.457 e. The Hall–Kier alpha value is -2.01. The number of aryl methyl sites for hydroxylation is 3. The first-order valence-electron chi connectivity index (χ1n) is 6.11. The molecule has 0 unspecified atom stereocenters. The number of benzene rings is 1. The Labute approximate surface area is 122 Å². The minimum absolute atomic E-state index is 0.0980. The zero-order chi connectivity index (χ0) is 14.9. The number of carbonyl (C=O) groups excluding carboxylic acids is 1. The molecule has 0 aliphatic carbocycles. The van der Waals surface area contributed by atoms with Crippen molar-refractivity contribution in [3.05, 3.63) is 45.7 Å². The SMILES string of the molecule is Cc1cc(C(=O)OCc2c(C)nn(C)c2Cl)ccc1N. The summed E-state index contributed by atoms with van der Waals surface area (Å²) in [4.78, 5) is 12.0. The van der Waals surface area contributed by atoms with Gasteiger partial charge in [0.1, 0.15) is 11.8 Å². The maximum atomic E-state index is 12.0. The summed E-state index contributed by atoms with van der Waals surface area (Å²) in [6.07, 6.45) is 0. The summed E-state index contributed by atoms with van der Waals surface area (Å²) in [6, 6.07) is 5.03. The summed E-state index contributed by atoms with van der Waals surface area (Å²) in [5.74, 6) is -0.410. The fourth-order valence-corrected chi connectivity index (χ4v) is 2.09. The van der Waals surface area contributed by atoms with E-state index in [9.17, 15) is 4.79 Å². The molecular weight excluding hydrogens is 278 g/mol. The van der Waals surface area contributed by atoms with Crippen LogP contribution in [0.2, 0.25) is 5.15 Å². The average molecular weight is 294 g/mol. The Morgan fingerprint density at radius 2 is 2.15 bits per heavy atom. The average Bonchev–Trinajstić information content (AvgIpc) is 2.64. The fourth-order valence-electron chi connectivity index (χ4n) is 1.86. The van der Waals surface area contributed by atoms with E-state index in [0.717, 1.165) is 16.8 Å². The molecule has 6 heteroatoms. The van der Waals surface area contributed by atoms with E-state index in [-0.39, 0.29) is 6.61 Å². The Bertz CT molecular complexity index is 665. The molecule has 2 aromatic rings. The van der Waals surface area contributed by atoms with E-state index in [0.29, 0.717) is 16.4 Å². The number of rotatable bonds is 3. The highest BCUT2D eigenvalue weighted by atomic mass is 35.5. The normalized spacial score (nSPS) is 10.6. The van der Waals surface area contributed by atoms with Gasteiger partial charge in [-0.2, -0.15) is 5.10 Å². The maximum absolute atomic E-state index is 12.0. The molecule has 0 bridgehead atoms. The van der Waals surface area contributed by atoms with Gasteiger partial charge in [-0.05, 0) is 37.6 Å². The second kappa shape index (κ2) is 5.54. The quantitative estimate of drug-likeness (QED) is 0.697. The van der Waals surface area contributed by atoms with Crippen molar-refractivity contribution in [3.63, 3.8) is 0 Å². The number of hydrogen-bond donors (Lipinski definition) is 1. The Kier molecular flexibility index (Phi) is 3.99. The smallest absolute Gasteiger partial charge is 0.338 e. The summed E-state index contributed by atoms with van der Waals surface area (Å²) in [7, 11) is 1.74. The number of nitrogens with two attached hydrogens (primary N) is 1. The number of ether oxygens (including phenoxy) is 1. The lowest BCUT2D eigenvalue weighted by molar-refractivity contribution is 0.0472. The van der Waals surface area contributed by atoms with E-state index in [2.05, 4.69) is 5.10 Å². The molecule has 2 N–H and O–H groups in total. The van der Waals surface area contributed by atoms with Gasteiger partial charge in [-0.3, -0.25) is 4.68 Å². The van der Waals surface area contributed by atoms with Crippen molar-refractivity contribution in [2.45, 2.75) is 20.5 Å². The lowest BCUT2D eigenvalue weighted by atomic mass is 10.1. The molecule has 1 heterocycles. The molecule has 0 atom stereocenters. The van der Waals surface area contributed by atoms with Crippen LogP contribution >= 0.6 is 11.6 Å². The molecular formula is C14H16ClN3O2. The number of nitrogens with zero attached hydrogens (tertiary/aromatic N) is 2. The number of anilines is 1. The minimum Gasteiger partial charge on any atom is -0.457 e. The zero-order valence-corrected chi connectivity index (χ0v) is 12.4. The second-order valence-corrected chi connectivity index (χ2v) is 4.98. The van der Waals surface area contributed by atoms with Crippen molar-refractivity contribution in [3.8, 4) is 0 Å². The van der Waals surface area contributed by atoms with Crippen molar-refractivity contribution in [2.75, 3.05) is 5.73 Å². The third-order valence-electron chi connectivity index (χ3n) is 3.12. The molecule has 0 saturated carbocycles. The van der Waals surface area contributed by atoms with E-state index in [1.54, 1.807) is 29.9 Å². The molecule has 0 radical (unpaired) electrons. The third-order valence-corrected chi connectivity index (χ3v) is 3.60. The van der Waals surface area contributed by atoms with Crippen LogP contribution in [-0.4, -0.2) is 15.7 Å². The molecule has 0 fully saturated rings. The highest BCUT2D eigenvalue weighted by Gasteiger charge is 2.14. The first kappa shape index (κ1) is 14.4. The predicted octanol–water partition coefficient (Wildman–Crippen LogP) is 2.63. The van der Waals surface area contributed by atoms with Gasteiger partial charge in [0.15, 0.2) is 0 Å². The van der Waals surface area contributed by atoms with Crippen molar-refractivity contribution < 1.29 is 9.53 Å².